The van der Waals surface area contributed by atoms with Gasteiger partial charge in [-0.1, -0.05) is 36.4 Å². The van der Waals surface area contributed by atoms with Crippen LogP contribution >= 0.6 is 0 Å². The van der Waals surface area contributed by atoms with E-state index in [0.29, 0.717) is 0 Å². The van der Waals surface area contributed by atoms with Crippen LogP contribution in [-0.4, -0.2) is 0 Å². The summed E-state index contributed by atoms with van der Waals surface area (Å²) in [6, 6.07) is 20.6. The molecule has 0 N–H and O–H groups in total. The maximum atomic E-state index is 3.21. The lowest BCUT2D eigenvalue weighted by atomic mass is 9.92. The predicted molar refractivity (Wildman–Crippen MR) is 73.7 cm³/mol. The van der Waals surface area contributed by atoms with E-state index in [1.807, 2.05) is 0 Å². The van der Waals surface area contributed by atoms with E-state index in [1.54, 1.807) is 0 Å². The summed E-state index contributed by atoms with van der Waals surface area (Å²) >= 11 is 0. The Labute approximate surface area is 99.8 Å². The van der Waals surface area contributed by atoms with Crippen molar-refractivity contribution in [2.75, 3.05) is 0 Å². The quantitative estimate of drug-likeness (QED) is 0.373. The molecule has 0 saturated heterocycles. The summed E-state index contributed by atoms with van der Waals surface area (Å²) in [5.41, 5.74) is 1.35. The first-order valence-electron chi connectivity index (χ1n) is 5.89. The van der Waals surface area contributed by atoms with Crippen molar-refractivity contribution in [2.24, 2.45) is 0 Å². The van der Waals surface area contributed by atoms with E-state index in [0.717, 1.165) is 0 Å². The standard InChI is InChI=1S/C17H11/c1-11-5-6-14-8-7-12-3-2-4-13-9-10-15(11)17(14)16(12)13/h3-10H,1H3. The van der Waals surface area contributed by atoms with E-state index >= 15 is 0 Å². The summed E-state index contributed by atoms with van der Waals surface area (Å²) in [6.45, 7) is 2.18. The van der Waals surface area contributed by atoms with E-state index < -0.39 is 0 Å². The number of hydrogen-bond acceptors (Lipinski definition) is 0. The van der Waals surface area contributed by atoms with Crippen molar-refractivity contribution >= 4 is 32.3 Å². The largest absolute Gasteiger partial charge is 0.0581 e. The van der Waals surface area contributed by atoms with Gasteiger partial charge in [-0.3, -0.25) is 0 Å². The highest BCUT2D eigenvalue weighted by molar-refractivity contribution is 6.23. The minimum atomic E-state index is 1.28. The molecule has 0 amide bonds. The Morgan fingerprint density at radius 2 is 1.35 bits per heavy atom. The van der Waals surface area contributed by atoms with Gasteiger partial charge in [0.15, 0.2) is 0 Å². The monoisotopic (exact) mass is 215 g/mol. The third-order valence-corrected chi connectivity index (χ3v) is 3.67. The summed E-state index contributed by atoms with van der Waals surface area (Å²) in [5.74, 6) is 0. The van der Waals surface area contributed by atoms with Crippen LogP contribution < -0.4 is 0 Å². The van der Waals surface area contributed by atoms with Crippen LogP contribution in [0.3, 0.4) is 0 Å². The zero-order valence-corrected chi connectivity index (χ0v) is 9.62. The van der Waals surface area contributed by atoms with Gasteiger partial charge in [-0.15, -0.1) is 0 Å². The van der Waals surface area contributed by atoms with Gasteiger partial charge in [-0.05, 0) is 63.0 Å². The molecule has 4 aromatic carbocycles. The van der Waals surface area contributed by atoms with Gasteiger partial charge >= 0.3 is 0 Å². The Bertz CT molecular complexity index is 824. The van der Waals surface area contributed by atoms with Gasteiger partial charge in [0, 0.05) is 0 Å². The van der Waals surface area contributed by atoms with Crippen molar-refractivity contribution in [3.8, 4) is 0 Å². The van der Waals surface area contributed by atoms with Crippen molar-refractivity contribution in [1.29, 1.82) is 0 Å². The number of hydrogen-bond donors (Lipinski definition) is 0. The van der Waals surface area contributed by atoms with Gasteiger partial charge in [-0.2, -0.15) is 0 Å². The van der Waals surface area contributed by atoms with Crippen LogP contribution in [0.25, 0.3) is 32.3 Å². The fourth-order valence-corrected chi connectivity index (χ4v) is 2.81. The fourth-order valence-electron chi connectivity index (χ4n) is 2.81. The lowest BCUT2D eigenvalue weighted by Gasteiger charge is -2.11. The topological polar surface area (TPSA) is 0 Å². The van der Waals surface area contributed by atoms with Crippen LogP contribution in [0.15, 0.2) is 48.5 Å². The molecule has 4 rings (SSSR count). The van der Waals surface area contributed by atoms with Crippen molar-refractivity contribution in [3.63, 3.8) is 0 Å². The zero-order valence-electron chi connectivity index (χ0n) is 9.62. The number of rotatable bonds is 0. The van der Waals surface area contributed by atoms with E-state index in [1.165, 1.54) is 37.9 Å². The molecule has 0 spiro atoms. The summed E-state index contributed by atoms with van der Waals surface area (Å²) in [7, 11) is 0. The highest BCUT2D eigenvalue weighted by atomic mass is 14.1. The third kappa shape index (κ3) is 1.07. The first kappa shape index (κ1) is 9.00. The van der Waals surface area contributed by atoms with Gasteiger partial charge in [0.25, 0.3) is 0 Å². The second-order valence-electron chi connectivity index (χ2n) is 4.67. The maximum Gasteiger partial charge on any atom is -0.00241 e. The van der Waals surface area contributed by atoms with Crippen molar-refractivity contribution in [3.05, 3.63) is 60.2 Å². The van der Waals surface area contributed by atoms with E-state index in [-0.39, 0.29) is 0 Å². The van der Waals surface area contributed by atoms with Crippen LogP contribution in [-0.2, 0) is 0 Å². The molecule has 0 heteroatoms. The molecule has 0 nitrogen and oxygen atoms in total. The van der Waals surface area contributed by atoms with Gasteiger partial charge < -0.3 is 0 Å². The van der Waals surface area contributed by atoms with Crippen molar-refractivity contribution in [2.45, 2.75) is 6.92 Å². The second-order valence-corrected chi connectivity index (χ2v) is 4.67. The summed E-state index contributed by atoms with van der Waals surface area (Å²) in [6.07, 6.45) is 0. The average Bonchev–Trinajstić information content (AvgIpc) is 2.38. The molecule has 1 radical (unpaired) electrons. The lowest BCUT2D eigenvalue weighted by Crippen LogP contribution is -1.85. The van der Waals surface area contributed by atoms with Crippen molar-refractivity contribution in [1.82, 2.24) is 0 Å². The molecule has 0 atom stereocenters. The van der Waals surface area contributed by atoms with E-state index in [4.69, 9.17) is 0 Å². The first-order chi connectivity index (χ1) is 8.34. The Kier molecular flexibility index (Phi) is 1.58. The minimum absolute atomic E-state index is 1.28. The molecule has 0 aromatic heterocycles. The first-order valence-corrected chi connectivity index (χ1v) is 5.89. The van der Waals surface area contributed by atoms with E-state index in [9.17, 15) is 0 Å². The van der Waals surface area contributed by atoms with E-state index in [2.05, 4.69) is 61.5 Å². The Morgan fingerprint density at radius 3 is 2.18 bits per heavy atom. The predicted octanol–water partition coefficient (Wildman–Crippen LogP) is 4.69. The van der Waals surface area contributed by atoms with Gasteiger partial charge in [0.2, 0.25) is 0 Å². The fraction of sp³-hybridized carbons (Fsp3) is 0.0588. The molecule has 0 aliphatic carbocycles. The lowest BCUT2D eigenvalue weighted by molar-refractivity contribution is 1.55. The summed E-state index contributed by atoms with van der Waals surface area (Å²) in [5, 5.41) is 8.04. The van der Waals surface area contributed by atoms with Gasteiger partial charge in [0.05, 0.1) is 0 Å². The Balaban J connectivity index is 2.48. The Morgan fingerprint density at radius 1 is 0.706 bits per heavy atom. The third-order valence-electron chi connectivity index (χ3n) is 3.67. The van der Waals surface area contributed by atoms with Crippen LogP contribution in [0.4, 0.5) is 0 Å². The highest BCUT2D eigenvalue weighted by Gasteiger charge is 2.08. The molecule has 79 valence electrons. The molecule has 17 heavy (non-hydrogen) atoms. The van der Waals surface area contributed by atoms with Gasteiger partial charge in [-0.25, -0.2) is 0 Å². The molecule has 0 aliphatic heterocycles. The molecule has 0 bridgehead atoms. The SMILES string of the molecule is Cc1ccc2ccc3c[c]cc4ccc1c2c34. The van der Waals surface area contributed by atoms with Crippen LogP contribution in [0, 0.1) is 13.0 Å². The normalized spacial score (nSPS) is 11.8. The molecule has 0 unspecified atom stereocenters. The van der Waals surface area contributed by atoms with Crippen molar-refractivity contribution < 1.29 is 0 Å². The van der Waals surface area contributed by atoms with Crippen LogP contribution in [0.2, 0.25) is 0 Å². The zero-order chi connectivity index (χ0) is 11.4. The molecular formula is C17H11. The summed E-state index contributed by atoms with van der Waals surface area (Å²) < 4.78 is 0. The molecule has 0 fully saturated rings. The molecular weight excluding hydrogens is 204 g/mol. The molecule has 0 saturated carbocycles. The smallest absolute Gasteiger partial charge is 0.00241 e. The van der Waals surface area contributed by atoms with Crippen LogP contribution in [0.1, 0.15) is 5.56 Å². The number of aryl methyl sites for hydroxylation is 1. The average molecular weight is 215 g/mol. The molecule has 0 heterocycles. The van der Waals surface area contributed by atoms with Gasteiger partial charge in [0.1, 0.15) is 0 Å². The minimum Gasteiger partial charge on any atom is -0.0581 e. The summed E-state index contributed by atoms with van der Waals surface area (Å²) in [4.78, 5) is 0. The number of benzene rings is 4. The van der Waals surface area contributed by atoms with Crippen LogP contribution in [0.5, 0.6) is 0 Å². The molecule has 4 aromatic rings. The molecule has 0 aliphatic rings. The Hall–Kier alpha value is -2.08. The highest BCUT2D eigenvalue weighted by Crippen LogP contribution is 2.35. The maximum absolute atomic E-state index is 3.21. The second kappa shape index (κ2) is 2.98.